The molecule has 1 aromatic heterocycles. The van der Waals surface area contributed by atoms with Crippen LogP contribution in [0.25, 0.3) is 0 Å². The van der Waals surface area contributed by atoms with Crippen LogP contribution in [0.1, 0.15) is 5.69 Å². The van der Waals surface area contributed by atoms with Crippen molar-refractivity contribution in [2.24, 2.45) is 0 Å². The molecule has 0 atom stereocenters. The number of ether oxygens (including phenoxy) is 1. The molecule has 0 aliphatic carbocycles. The van der Waals surface area contributed by atoms with Gasteiger partial charge in [0.15, 0.2) is 0 Å². The van der Waals surface area contributed by atoms with Crippen LogP contribution in [-0.4, -0.2) is 18.3 Å². The van der Waals surface area contributed by atoms with E-state index >= 15 is 0 Å². The number of nitrogens with zero attached hydrogens (tertiary/aromatic N) is 2. The number of hydrogen-bond donors (Lipinski definition) is 1. The summed E-state index contributed by atoms with van der Waals surface area (Å²) in [6.07, 6.45) is 0. The van der Waals surface area contributed by atoms with Gasteiger partial charge in [0.25, 0.3) is 15.7 Å². The Balaban J connectivity index is 1.72. The van der Waals surface area contributed by atoms with Crippen LogP contribution < -0.4 is 9.46 Å². The second-order valence-electron chi connectivity index (χ2n) is 5.15. The zero-order valence-corrected chi connectivity index (χ0v) is 14.9. The van der Waals surface area contributed by atoms with Crippen LogP contribution in [0.2, 0.25) is 0 Å². The number of aromatic nitrogens is 1. The topological polar surface area (TPSA) is 111 Å². The second kappa shape index (κ2) is 7.50. The largest absolute Gasteiger partial charge is 0.487 e. The van der Waals surface area contributed by atoms with Gasteiger partial charge in [0.1, 0.15) is 12.4 Å². The Morgan fingerprint density at radius 2 is 1.96 bits per heavy atom. The van der Waals surface area contributed by atoms with E-state index in [1.54, 1.807) is 29.8 Å². The molecule has 0 aliphatic heterocycles. The summed E-state index contributed by atoms with van der Waals surface area (Å²) < 4.78 is 32.8. The van der Waals surface area contributed by atoms with Gasteiger partial charge in [-0.2, -0.15) is 0 Å². The Labute approximate surface area is 153 Å². The highest BCUT2D eigenvalue weighted by Gasteiger charge is 2.16. The maximum atomic E-state index is 12.4. The van der Waals surface area contributed by atoms with Crippen LogP contribution in [-0.2, 0) is 16.6 Å². The SMILES string of the molecule is O=[N+]([O-])c1ccc(S(=O)(=O)Nc2cccc(OCc3cscn3)c2)cc1. The van der Waals surface area contributed by atoms with E-state index in [4.69, 9.17) is 4.74 Å². The van der Waals surface area contributed by atoms with Crippen molar-refractivity contribution in [3.8, 4) is 5.75 Å². The third-order valence-electron chi connectivity index (χ3n) is 3.31. The molecule has 3 rings (SSSR count). The van der Waals surface area contributed by atoms with Crippen LogP contribution in [0, 0.1) is 10.1 Å². The van der Waals surface area contributed by atoms with Gasteiger partial charge < -0.3 is 4.74 Å². The number of anilines is 1. The molecule has 134 valence electrons. The van der Waals surface area contributed by atoms with Crippen LogP contribution in [0.3, 0.4) is 0 Å². The number of non-ortho nitro benzene ring substituents is 1. The molecule has 26 heavy (non-hydrogen) atoms. The number of thiazole rings is 1. The minimum absolute atomic E-state index is 0.0723. The average molecular weight is 391 g/mol. The molecule has 0 saturated carbocycles. The molecular weight excluding hydrogens is 378 g/mol. The number of sulfonamides is 1. The summed E-state index contributed by atoms with van der Waals surface area (Å²) in [5.41, 5.74) is 2.63. The van der Waals surface area contributed by atoms with Crippen molar-refractivity contribution in [1.82, 2.24) is 4.98 Å². The van der Waals surface area contributed by atoms with Gasteiger partial charge in [0, 0.05) is 23.6 Å². The van der Waals surface area contributed by atoms with Gasteiger partial charge >= 0.3 is 0 Å². The Bertz CT molecular complexity index is 1000. The van der Waals surface area contributed by atoms with Gasteiger partial charge in [-0.3, -0.25) is 14.8 Å². The minimum atomic E-state index is -3.87. The van der Waals surface area contributed by atoms with Gasteiger partial charge in [0.05, 0.1) is 26.7 Å². The highest BCUT2D eigenvalue weighted by molar-refractivity contribution is 7.92. The van der Waals surface area contributed by atoms with E-state index in [2.05, 4.69) is 9.71 Å². The average Bonchev–Trinajstić information content (AvgIpc) is 3.13. The van der Waals surface area contributed by atoms with E-state index in [1.165, 1.54) is 23.5 Å². The molecule has 1 N–H and O–H groups in total. The van der Waals surface area contributed by atoms with E-state index in [-0.39, 0.29) is 17.2 Å². The molecule has 8 nitrogen and oxygen atoms in total. The summed E-state index contributed by atoms with van der Waals surface area (Å²) in [5.74, 6) is 0.488. The number of hydrogen-bond acceptors (Lipinski definition) is 7. The lowest BCUT2D eigenvalue weighted by atomic mass is 10.3. The smallest absolute Gasteiger partial charge is 0.269 e. The Morgan fingerprint density at radius 1 is 1.19 bits per heavy atom. The van der Waals surface area contributed by atoms with Gasteiger partial charge in [-0.05, 0) is 24.3 Å². The molecule has 3 aromatic rings. The van der Waals surface area contributed by atoms with Crippen molar-refractivity contribution in [3.63, 3.8) is 0 Å². The number of nitrogens with one attached hydrogen (secondary N) is 1. The van der Waals surface area contributed by atoms with E-state index < -0.39 is 14.9 Å². The Kier molecular flexibility index (Phi) is 5.14. The highest BCUT2D eigenvalue weighted by atomic mass is 32.2. The molecular formula is C16H13N3O5S2. The summed E-state index contributed by atoms with van der Waals surface area (Å²) in [6, 6.07) is 11.1. The lowest BCUT2D eigenvalue weighted by molar-refractivity contribution is -0.384. The van der Waals surface area contributed by atoms with Crippen molar-refractivity contribution in [1.29, 1.82) is 0 Å². The molecule has 0 aliphatic rings. The highest BCUT2D eigenvalue weighted by Crippen LogP contribution is 2.23. The molecule has 0 bridgehead atoms. The first kappa shape index (κ1) is 17.8. The predicted octanol–water partition coefficient (Wildman–Crippen LogP) is 3.43. The van der Waals surface area contributed by atoms with E-state index in [0.29, 0.717) is 11.4 Å². The van der Waals surface area contributed by atoms with Crippen LogP contribution in [0.4, 0.5) is 11.4 Å². The fourth-order valence-electron chi connectivity index (χ4n) is 2.08. The normalized spacial score (nSPS) is 11.1. The standard InChI is InChI=1S/C16H13N3O5S2/c20-19(21)14-4-6-16(7-5-14)26(22,23)18-12-2-1-3-15(8-12)24-9-13-10-25-11-17-13/h1-8,10-11,18H,9H2. The molecule has 2 aromatic carbocycles. The van der Waals surface area contributed by atoms with E-state index in [0.717, 1.165) is 17.8 Å². The van der Waals surface area contributed by atoms with Gasteiger partial charge in [-0.1, -0.05) is 6.07 Å². The maximum Gasteiger partial charge on any atom is 0.269 e. The molecule has 0 radical (unpaired) electrons. The van der Waals surface area contributed by atoms with Crippen LogP contribution in [0.15, 0.2) is 64.3 Å². The minimum Gasteiger partial charge on any atom is -0.487 e. The summed E-state index contributed by atoms with van der Waals surface area (Å²) in [7, 11) is -3.87. The summed E-state index contributed by atoms with van der Waals surface area (Å²) in [5, 5.41) is 12.5. The molecule has 10 heteroatoms. The Morgan fingerprint density at radius 3 is 2.62 bits per heavy atom. The third kappa shape index (κ3) is 4.35. The fraction of sp³-hybridized carbons (Fsp3) is 0.0625. The number of rotatable bonds is 7. The van der Waals surface area contributed by atoms with Gasteiger partial charge in [0.2, 0.25) is 0 Å². The predicted molar refractivity (Wildman–Crippen MR) is 96.8 cm³/mol. The first-order chi connectivity index (χ1) is 12.4. The molecule has 1 heterocycles. The number of nitro benzene ring substituents is 1. The molecule has 0 amide bonds. The molecule has 0 fully saturated rings. The van der Waals surface area contributed by atoms with Crippen LogP contribution >= 0.6 is 11.3 Å². The first-order valence-electron chi connectivity index (χ1n) is 7.31. The van der Waals surface area contributed by atoms with Crippen molar-refractivity contribution < 1.29 is 18.1 Å². The zero-order valence-electron chi connectivity index (χ0n) is 13.2. The summed E-state index contributed by atoms with van der Waals surface area (Å²) in [4.78, 5) is 14.1. The second-order valence-corrected chi connectivity index (χ2v) is 7.55. The zero-order chi connectivity index (χ0) is 18.6. The Hall–Kier alpha value is -2.98. The summed E-state index contributed by atoms with van der Waals surface area (Å²) in [6.45, 7) is 0.280. The van der Waals surface area contributed by atoms with Crippen molar-refractivity contribution >= 4 is 32.7 Å². The van der Waals surface area contributed by atoms with Crippen molar-refractivity contribution in [3.05, 3.63) is 75.2 Å². The molecule has 0 unspecified atom stereocenters. The fourth-order valence-corrected chi connectivity index (χ4v) is 3.67. The number of nitro groups is 1. The maximum absolute atomic E-state index is 12.4. The van der Waals surface area contributed by atoms with Crippen molar-refractivity contribution in [2.45, 2.75) is 11.5 Å². The van der Waals surface area contributed by atoms with Gasteiger partial charge in [-0.15, -0.1) is 11.3 Å². The lowest BCUT2D eigenvalue weighted by Gasteiger charge is -2.10. The molecule has 0 spiro atoms. The number of benzene rings is 2. The van der Waals surface area contributed by atoms with Crippen LogP contribution in [0.5, 0.6) is 5.75 Å². The van der Waals surface area contributed by atoms with Crippen molar-refractivity contribution in [2.75, 3.05) is 4.72 Å². The first-order valence-corrected chi connectivity index (χ1v) is 9.74. The third-order valence-corrected chi connectivity index (χ3v) is 5.35. The monoisotopic (exact) mass is 391 g/mol. The lowest BCUT2D eigenvalue weighted by Crippen LogP contribution is -2.13. The van der Waals surface area contributed by atoms with E-state index in [1.807, 2.05) is 5.38 Å². The van der Waals surface area contributed by atoms with Gasteiger partial charge in [-0.25, -0.2) is 13.4 Å². The summed E-state index contributed by atoms with van der Waals surface area (Å²) >= 11 is 1.46. The quantitative estimate of drug-likeness (QED) is 0.488. The van der Waals surface area contributed by atoms with E-state index in [9.17, 15) is 18.5 Å². The molecule has 0 saturated heterocycles.